The Morgan fingerprint density at radius 3 is 2.67 bits per heavy atom. The van der Waals surface area contributed by atoms with Gasteiger partial charge in [-0.1, -0.05) is 11.6 Å². The van der Waals surface area contributed by atoms with Crippen molar-refractivity contribution in [3.05, 3.63) is 38.9 Å². The highest BCUT2D eigenvalue weighted by atomic mass is 35.5. The van der Waals surface area contributed by atoms with Crippen molar-refractivity contribution >= 4 is 29.2 Å². The minimum absolute atomic E-state index is 0.131. The number of nitriles is 1. The highest BCUT2D eigenvalue weighted by Gasteiger charge is 2.35. The van der Waals surface area contributed by atoms with Crippen LogP contribution in [0.4, 0.5) is 5.69 Å². The number of ether oxygens (including phenoxy) is 1. The third-order valence-electron chi connectivity index (χ3n) is 3.76. The fourth-order valence-corrected chi connectivity index (χ4v) is 2.76. The molecule has 1 N–H and O–H groups in total. The lowest BCUT2D eigenvalue weighted by atomic mass is 10.00. The van der Waals surface area contributed by atoms with Crippen molar-refractivity contribution in [2.24, 2.45) is 0 Å². The fraction of sp³-hybridized carbons (Fsp3) is 0.400. The maximum atomic E-state index is 12.0. The van der Waals surface area contributed by atoms with Crippen LogP contribution in [0.1, 0.15) is 36.0 Å². The van der Waals surface area contributed by atoms with Gasteiger partial charge in [0.25, 0.3) is 11.6 Å². The molecule has 0 heterocycles. The molecule has 24 heavy (non-hydrogen) atoms. The number of carbonyl (C=O) groups is 2. The van der Waals surface area contributed by atoms with E-state index in [-0.39, 0.29) is 10.6 Å². The number of esters is 1. The Morgan fingerprint density at radius 2 is 2.08 bits per heavy atom. The molecule has 1 fully saturated rings. The highest BCUT2D eigenvalue weighted by molar-refractivity contribution is 6.31. The number of hydrogen-bond acceptors (Lipinski definition) is 6. The van der Waals surface area contributed by atoms with Crippen LogP contribution in [-0.2, 0) is 9.53 Å². The summed E-state index contributed by atoms with van der Waals surface area (Å²) in [5.41, 5.74) is -1.73. The van der Waals surface area contributed by atoms with Crippen molar-refractivity contribution in [2.75, 3.05) is 6.61 Å². The predicted octanol–water partition coefficient (Wildman–Crippen LogP) is 2.36. The zero-order valence-corrected chi connectivity index (χ0v) is 13.3. The second-order valence-electron chi connectivity index (χ2n) is 5.44. The van der Waals surface area contributed by atoms with Gasteiger partial charge in [-0.15, -0.1) is 0 Å². The Balaban J connectivity index is 2.01. The first-order valence-electron chi connectivity index (χ1n) is 7.20. The van der Waals surface area contributed by atoms with E-state index in [0.717, 1.165) is 25.0 Å². The van der Waals surface area contributed by atoms with Gasteiger partial charge < -0.3 is 10.1 Å². The summed E-state index contributed by atoms with van der Waals surface area (Å²) < 4.78 is 4.81. The molecule has 0 atom stereocenters. The zero-order chi connectivity index (χ0) is 17.7. The molecule has 1 saturated carbocycles. The van der Waals surface area contributed by atoms with Gasteiger partial charge in [-0.2, -0.15) is 5.26 Å². The van der Waals surface area contributed by atoms with Crippen molar-refractivity contribution in [1.82, 2.24) is 5.32 Å². The van der Waals surface area contributed by atoms with E-state index < -0.39 is 34.6 Å². The number of rotatable bonds is 5. The Labute approximate surface area is 142 Å². The average molecular weight is 352 g/mol. The van der Waals surface area contributed by atoms with E-state index in [4.69, 9.17) is 16.3 Å². The average Bonchev–Trinajstić information content (AvgIpc) is 3.01. The number of amides is 1. The summed E-state index contributed by atoms with van der Waals surface area (Å²) in [6.45, 7) is -0.633. The first-order valence-corrected chi connectivity index (χ1v) is 7.58. The molecule has 126 valence electrons. The third-order valence-corrected chi connectivity index (χ3v) is 3.99. The van der Waals surface area contributed by atoms with Crippen LogP contribution in [0.2, 0.25) is 5.02 Å². The summed E-state index contributed by atoms with van der Waals surface area (Å²) in [4.78, 5) is 34.1. The van der Waals surface area contributed by atoms with Crippen molar-refractivity contribution in [3.63, 3.8) is 0 Å². The molecule has 8 nitrogen and oxygen atoms in total. The number of nitrogens with zero attached hydrogens (tertiary/aromatic N) is 2. The van der Waals surface area contributed by atoms with Crippen LogP contribution >= 0.6 is 11.6 Å². The van der Waals surface area contributed by atoms with Gasteiger partial charge in [-0.25, -0.2) is 4.79 Å². The van der Waals surface area contributed by atoms with E-state index in [0.29, 0.717) is 12.8 Å². The third kappa shape index (κ3) is 4.00. The lowest BCUT2D eigenvalue weighted by Crippen LogP contribution is -2.46. The van der Waals surface area contributed by atoms with Gasteiger partial charge in [0.05, 0.1) is 11.0 Å². The normalized spacial score (nSPS) is 15.3. The molecule has 1 aromatic carbocycles. The minimum Gasteiger partial charge on any atom is -0.452 e. The predicted molar refractivity (Wildman–Crippen MR) is 83.3 cm³/mol. The summed E-state index contributed by atoms with van der Waals surface area (Å²) in [5.74, 6) is -1.66. The molecule has 0 unspecified atom stereocenters. The molecule has 1 aromatic rings. The Bertz CT molecular complexity index is 722. The largest absolute Gasteiger partial charge is 0.452 e. The van der Waals surface area contributed by atoms with Crippen LogP contribution in [0.3, 0.4) is 0 Å². The number of nitrogens with one attached hydrogen (secondary N) is 1. The Hall–Kier alpha value is -2.66. The lowest BCUT2D eigenvalue weighted by Gasteiger charge is -2.21. The molecule has 0 saturated heterocycles. The number of nitro benzene ring substituents is 1. The van der Waals surface area contributed by atoms with Crippen LogP contribution in [0, 0.1) is 21.4 Å². The van der Waals surface area contributed by atoms with Crippen LogP contribution in [0.15, 0.2) is 18.2 Å². The van der Waals surface area contributed by atoms with Crippen molar-refractivity contribution in [2.45, 2.75) is 31.2 Å². The molecule has 0 radical (unpaired) electrons. The molecule has 2 rings (SSSR count). The number of benzene rings is 1. The molecular weight excluding hydrogens is 338 g/mol. The van der Waals surface area contributed by atoms with E-state index in [9.17, 15) is 25.0 Å². The minimum atomic E-state index is -1.03. The summed E-state index contributed by atoms with van der Waals surface area (Å²) in [7, 11) is 0. The monoisotopic (exact) mass is 351 g/mol. The van der Waals surface area contributed by atoms with Crippen molar-refractivity contribution < 1.29 is 19.2 Å². The Morgan fingerprint density at radius 1 is 1.42 bits per heavy atom. The van der Waals surface area contributed by atoms with Crippen LogP contribution in [0.25, 0.3) is 0 Å². The summed E-state index contributed by atoms with van der Waals surface area (Å²) in [6, 6.07) is 5.55. The second kappa shape index (κ2) is 7.27. The summed E-state index contributed by atoms with van der Waals surface area (Å²) >= 11 is 5.73. The van der Waals surface area contributed by atoms with E-state index in [1.807, 2.05) is 0 Å². The molecule has 0 aliphatic heterocycles. The Kier molecular flexibility index (Phi) is 5.36. The molecule has 0 spiro atoms. The van der Waals surface area contributed by atoms with Crippen molar-refractivity contribution in [3.8, 4) is 6.07 Å². The van der Waals surface area contributed by atoms with Gasteiger partial charge in [0.1, 0.15) is 11.1 Å². The fourth-order valence-electron chi connectivity index (χ4n) is 2.59. The van der Waals surface area contributed by atoms with Gasteiger partial charge in [0, 0.05) is 11.1 Å². The molecule has 1 amide bonds. The number of carbonyl (C=O) groups excluding carboxylic acids is 2. The second-order valence-corrected chi connectivity index (χ2v) is 5.88. The first kappa shape index (κ1) is 17.7. The van der Waals surface area contributed by atoms with Gasteiger partial charge in [-0.05, 0) is 37.8 Å². The standard InChI is InChI=1S/C15H14ClN3O5/c16-10-3-4-12(19(22)23)11(7-10)14(21)24-8-13(20)18-15(9-17)5-1-2-6-15/h3-4,7H,1-2,5-6,8H2,(H,18,20). The quantitative estimate of drug-likeness (QED) is 0.493. The van der Waals surface area contributed by atoms with E-state index in [1.54, 1.807) is 0 Å². The molecule has 9 heteroatoms. The lowest BCUT2D eigenvalue weighted by molar-refractivity contribution is -0.385. The summed E-state index contributed by atoms with van der Waals surface area (Å²) in [6.07, 6.45) is 2.76. The van der Waals surface area contributed by atoms with E-state index in [1.165, 1.54) is 6.07 Å². The smallest absolute Gasteiger partial charge is 0.345 e. The van der Waals surface area contributed by atoms with Crippen LogP contribution < -0.4 is 5.32 Å². The molecular formula is C15H14ClN3O5. The van der Waals surface area contributed by atoms with Gasteiger partial charge in [-0.3, -0.25) is 14.9 Å². The van der Waals surface area contributed by atoms with Gasteiger partial charge in [0.15, 0.2) is 6.61 Å². The van der Waals surface area contributed by atoms with E-state index >= 15 is 0 Å². The van der Waals surface area contributed by atoms with Crippen LogP contribution in [-0.4, -0.2) is 28.9 Å². The molecule has 0 bridgehead atoms. The molecule has 0 aromatic heterocycles. The molecule has 1 aliphatic rings. The number of halogens is 1. The maximum absolute atomic E-state index is 12.0. The SMILES string of the molecule is N#CC1(NC(=O)COC(=O)c2cc(Cl)ccc2[N+](=O)[O-])CCCC1. The summed E-state index contributed by atoms with van der Waals surface area (Å²) in [5, 5.41) is 22.8. The number of nitro groups is 1. The topological polar surface area (TPSA) is 122 Å². The maximum Gasteiger partial charge on any atom is 0.345 e. The van der Waals surface area contributed by atoms with Gasteiger partial charge >= 0.3 is 5.97 Å². The van der Waals surface area contributed by atoms with Crippen LogP contribution in [0.5, 0.6) is 0 Å². The first-order chi connectivity index (χ1) is 11.4. The number of hydrogen-bond donors (Lipinski definition) is 1. The zero-order valence-electron chi connectivity index (χ0n) is 12.6. The van der Waals surface area contributed by atoms with Gasteiger partial charge in [0.2, 0.25) is 0 Å². The highest BCUT2D eigenvalue weighted by Crippen LogP contribution is 2.29. The molecule has 1 aliphatic carbocycles. The van der Waals surface area contributed by atoms with Crippen molar-refractivity contribution in [1.29, 1.82) is 5.26 Å². The van der Waals surface area contributed by atoms with E-state index in [2.05, 4.69) is 11.4 Å².